The van der Waals surface area contributed by atoms with Crippen molar-refractivity contribution in [1.82, 2.24) is 4.98 Å². The molecule has 2 fully saturated rings. The van der Waals surface area contributed by atoms with Gasteiger partial charge in [-0.2, -0.15) is 0 Å². The van der Waals surface area contributed by atoms with Crippen molar-refractivity contribution in [3.63, 3.8) is 0 Å². The van der Waals surface area contributed by atoms with Gasteiger partial charge in [-0.25, -0.2) is 4.39 Å². The predicted molar refractivity (Wildman–Crippen MR) is 88.2 cm³/mol. The Labute approximate surface area is 134 Å². The Morgan fingerprint density at radius 2 is 1.78 bits per heavy atom. The molecule has 0 atom stereocenters. The average Bonchev–Trinajstić information content (AvgIpc) is 3.41. The zero-order valence-corrected chi connectivity index (χ0v) is 13.1. The molecular weight excluding hydrogens is 293 g/mol. The van der Waals surface area contributed by atoms with E-state index in [-0.39, 0.29) is 5.41 Å². The molecule has 0 amide bonds. The molecule has 2 aromatic rings. The number of halogens is 1. The molecule has 4 rings (SSSR count). The van der Waals surface area contributed by atoms with Crippen molar-refractivity contribution >= 4 is 11.4 Å². The highest BCUT2D eigenvalue weighted by molar-refractivity contribution is 5.73. The summed E-state index contributed by atoms with van der Waals surface area (Å²) in [6.45, 7) is 2.13. The lowest BCUT2D eigenvalue weighted by molar-refractivity contribution is 0.152. The van der Waals surface area contributed by atoms with Crippen molar-refractivity contribution in [1.29, 1.82) is 0 Å². The zero-order valence-electron chi connectivity index (χ0n) is 13.1. The van der Waals surface area contributed by atoms with Gasteiger partial charge in [-0.15, -0.1) is 0 Å². The molecule has 2 saturated carbocycles. The first-order valence-corrected chi connectivity index (χ1v) is 7.91. The fourth-order valence-electron chi connectivity index (χ4n) is 3.16. The number of hydrogen-bond donors (Lipinski definition) is 3. The van der Waals surface area contributed by atoms with E-state index in [1.165, 1.54) is 6.07 Å². The number of hydrogen-bond acceptors (Lipinski definition) is 4. The maximum Gasteiger partial charge on any atom is 0.131 e. The number of nitrogen functional groups attached to an aromatic ring is 2. The molecule has 0 radical (unpaired) electrons. The molecule has 1 aromatic heterocycles. The number of nitrogens with zero attached hydrogens (tertiary/aromatic N) is 1. The van der Waals surface area contributed by atoms with Crippen LogP contribution in [0, 0.1) is 5.82 Å². The third-order valence-electron chi connectivity index (χ3n) is 5.16. The summed E-state index contributed by atoms with van der Waals surface area (Å²) >= 11 is 0. The summed E-state index contributed by atoms with van der Waals surface area (Å²) in [5.41, 5.74) is 14.6. The van der Waals surface area contributed by atoms with Gasteiger partial charge in [-0.1, -0.05) is 6.92 Å². The van der Waals surface area contributed by atoms with Crippen molar-refractivity contribution < 1.29 is 9.50 Å². The van der Waals surface area contributed by atoms with Crippen LogP contribution in [-0.2, 0) is 11.0 Å². The van der Waals surface area contributed by atoms with E-state index in [0.717, 1.165) is 18.5 Å². The minimum atomic E-state index is -0.953. The molecule has 0 spiro atoms. The fourth-order valence-corrected chi connectivity index (χ4v) is 3.16. The smallest absolute Gasteiger partial charge is 0.131 e. The summed E-state index contributed by atoms with van der Waals surface area (Å²) in [4.78, 5) is 4.46. The lowest BCUT2D eigenvalue weighted by Crippen LogP contribution is -2.10. The van der Waals surface area contributed by atoms with Crippen LogP contribution in [0.5, 0.6) is 0 Å². The molecule has 2 aliphatic rings. The van der Waals surface area contributed by atoms with Gasteiger partial charge in [0.15, 0.2) is 0 Å². The van der Waals surface area contributed by atoms with Gasteiger partial charge in [0.25, 0.3) is 0 Å². The van der Waals surface area contributed by atoms with Gasteiger partial charge in [0.2, 0.25) is 0 Å². The van der Waals surface area contributed by atoms with Crippen LogP contribution in [0.1, 0.15) is 43.9 Å². The minimum absolute atomic E-state index is 0.0687. The molecule has 23 heavy (non-hydrogen) atoms. The summed E-state index contributed by atoms with van der Waals surface area (Å²) in [6, 6.07) is 4.66. The van der Waals surface area contributed by atoms with E-state index in [4.69, 9.17) is 11.5 Å². The molecule has 0 aliphatic heterocycles. The SMILES string of the molecule is CC1(c2ncc(-c3cc(N)c(C4(O)CC4)cc3F)cc2N)CC1. The largest absolute Gasteiger partial charge is 0.398 e. The lowest BCUT2D eigenvalue weighted by Gasteiger charge is -2.16. The number of aromatic nitrogens is 1. The van der Waals surface area contributed by atoms with E-state index in [9.17, 15) is 9.50 Å². The number of benzene rings is 1. The molecule has 1 heterocycles. The van der Waals surface area contributed by atoms with Crippen LogP contribution in [0.2, 0.25) is 0 Å². The van der Waals surface area contributed by atoms with Gasteiger partial charge in [0, 0.05) is 34.0 Å². The Morgan fingerprint density at radius 1 is 1.09 bits per heavy atom. The molecule has 4 nitrogen and oxygen atoms in total. The molecule has 5 N–H and O–H groups in total. The standard InChI is InChI=1S/C18H20FN3O/c1-17(2-3-17)16-15(21)6-10(9-22-16)11-7-14(20)12(8-13(11)19)18(23)4-5-18/h6-9,23H,2-5,20-21H2,1H3. The molecule has 0 bridgehead atoms. The van der Waals surface area contributed by atoms with Crippen molar-refractivity contribution in [3.8, 4) is 11.1 Å². The minimum Gasteiger partial charge on any atom is -0.398 e. The lowest BCUT2D eigenvalue weighted by atomic mass is 9.97. The molecule has 120 valence electrons. The second-order valence-electron chi connectivity index (χ2n) is 7.17. The van der Waals surface area contributed by atoms with Crippen LogP contribution >= 0.6 is 0 Å². The number of anilines is 2. The van der Waals surface area contributed by atoms with Crippen LogP contribution in [-0.4, -0.2) is 10.1 Å². The Morgan fingerprint density at radius 3 is 2.35 bits per heavy atom. The van der Waals surface area contributed by atoms with Crippen LogP contribution in [0.3, 0.4) is 0 Å². The maximum absolute atomic E-state index is 14.5. The molecule has 0 saturated heterocycles. The molecular formula is C18H20FN3O. The number of nitrogens with two attached hydrogens (primary N) is 2. The monoisotopic (exact) mass is 313 g/mol. The molecule has 0 unspecified atom stereocenters. The second kappa shape index (κ2) is 4.45. The normalized spacial score (nSPS) is 20.3. The molecule has 5 heteroatoms. The Kier molecular flexibility index (Phi) is 2.79. The first-order valence-electron chi connectivity index (χ1n) is 7.91. The average molecular weight is 313 g/mol. The van der Waals surface area contributed by atoms with Crippen LogP contribution < -0.4 is 11.5 Å². The second-order valence-corrected chi connectivity index (χ2v) is 7.17. The maximum atomic E-state index is 14.5. The van der Waals surface area contributed by atoms with Gasteiger partial charge < -0.3 is 16.6 Å². The van der Waals surface area contributed by atoms with Gasteiger partial charge >= 0.3 is 0 Å². The van der Waals surface area contributed by atoms with E-state index in [2.05, 4.69) is 11.9 Å². The van der Waals surface area contributed by atoms with E-state index in [1.807, 2.05) is 0 Å². The van der Waals surface area contributed by atoms with Gasteiger partial charge in [0.1, 0.15) is 5.82 Å². The molecule has 1 aromatic carbocycles. The van der Waals surface area contributed by atoms with Crippen LogP contribution in [0.25, 0.3) is 11.1 Å². The Hall–Kier alpha value is -2.14. The van der Waals surface area contributed by atoms with Crippen LogP contribution in [0.4, 0.5) is 15.8 Å². The Bertz CT molecular complexity index is 810. The molecule has 2 aliphatic carbocycles. The topological polar surface area (TPSA) is 85.2 Å². The van der Waals surface area contributed by atoms with Crippen molar-refractivity contribution in [2.75, 3.05) is 11.5 Å². The third-order valence-corrected chi connectivity index (χ3v) is 5.16. The van der Waals surface area contributed by atoms with Crippen LogP contribution in [0.15, 0.2) is 24.4 Å². The third kappa shape index (κ3) is 2.27. The summed E-state index contributed by atoms with van der Waals surface area (Å²) in [6.07, 6.45) is 5.06. The summed E-state index contributed by atoms with van der Waals surface area (Å²) < 4.78 is 14.5. The number of aliphatic hydroxyl groups is 1. The zero-order chi connectivity index (χ0) is 16.4. The van der Waals surface area contributed by atoms with Gasteiger partial charge in [-0.3, -0.25) is 4.98 Å². The van der Waals surface area contributed by atoms with E-state index in [1.54, 1.807) is 18.3 Å². The van der Waals surface area contributed by atoms with Crippen molar-refractivity contribution in [3.05, 3.63) is 41.5 Å². The summed E-state index contributed by atoms with van der Waals surface area (Å²) in [5, 5.41) is 10.2. The fraction of sp³-hybridized carbons (Fsp3) is 0.389. The van der Waals surface area contributed by atoms with E-state index >= 15 is 0 Å². The first kappa shape index (κ1) is 14.5. The van der Waals surface area contributed by atoms with Gasteiger partial charge in [-0.05, 0) is 43.9 Å². The summed E-state index contributed by atoms with van der Waals surface area (Å²) in [5.74, 6) is -0.416. The number of rotatable bonds is 3. The van der Waals surface area contributed by atoms with Crippen molar-refractivity contribution in [2.45, 2.75) is 43.6 Å². The quantitative estimate of drug-likeness (QED) is 0.760. The highest BCUT2D eigenvalue weighted by Gasteiger charge is 2.44. The van der Waals surface area contributed by atoms with E-state index in [0.29, 0.717) is 40.9 Å². The highest BCUT2D eigenvalue weighted by Crippen LogP contribution is 2.50. The number of pyridine rings is 1. The summed E-state index contributed by atoms with van der Waals surface area (Å²) in [7, 11) is 0. The highest BCUT2D eigenvalue weighted by atomic mass is 19.1. The van der Waals surface area contributed by atoms with Gasteiger partial charge in [0.05, 0.1) is 17.0 Å². The van der Waals surface area contributed by atoms with E-state index < -0.39 is 11.4 Å². The van der Waals surface area contributed by atoms with Crippen molar-refractivity contribution in [2.24, 2.45) is 0 Å². The Balaban J connectivity index is 1.76. The predicted octanol–water partition coefficient (Wildman–Crippen LogP) is 3.09. The first-order chi connectivity index (χ1) is 10.8.